The standard InChI is InChI=1S/C15H16F2N2/c1-2-19(13-7-4-6-12(16)9-13)15-11(10-18)5-3-8-14(15)17/h3-9H,2,10,18H2,1H3. The molecule has 0 radical (unpaired) electrons. The number of halogens is 2. The van der Waals surface area contributed by atoms with Crippen molar-refractivity contribution in [3.05, 3.63) is 59.7 Å². The maximum absolute atomic E-state index is 14.1. The van der Waals surface area contributed by atoms with Crippen LogP contribution in [0, 0.1) is 11.6 Å². The van der Waals surface area contributed by atoms with E-state index in [-0.39, 0.29) is 18.2 Å². The normalized spacial score (nSPS) is 10.5. The van der Waals surface area contributed by atoms with Gasteiger partial charge in [-0.15, -0.1) is 0 Å². The number of benzene rings is 2. The van der Waals surface area contributed by atoms with Gasteiger partial charge in [-0.3, -0.25) is 0 Å². The van der Waals surface area contributed by atoms with Gasteiger partial charge >= 0.3 is 0 Å². The molecule has 0 aliphatic carbocycles. The lowest BCUT2D eigenvalue weighted by atomic mass is 10.1. The molecule has 2 nitrogen and oxygen atoms in total. The predicted octanol–water partition coefficient (Wildman–Crippen LogP) is 3.58. The second-order valence-corrected chi connectivity index (χ2v) is 4.18. The molecule has 0 bridgehead atoms. The van der Waals surface area contributed by atoms with Crippen LogP contribution in [0.25, 0.3) is 0 Å². The van der Waals surface area contributed by atoms with E-state index in [4.69, 9.17) is 5.73 Å². The van der Waals surface area contributed by atoms with E-state index in [1.54, 1.807) is 29.2 Å². The van der Waals surface area contributed by atoms with E-state index in [9.17, 15) is 8.78 Å². The lowest BCUT2D eigenvalue weighted by Crippen LogP contribution is -2.20. The van der Waals surface area contributed by atoms with Crippen LogP contribution in [0.2, 0.25) is 0 Å². The Morgan fingerprint density at radius 1 is 1.11 bits per heavy atom. The van der Waals surface area contributed by atoms with Gasteiger partial charge in [-0.25, -0.2) is 8.78 Å². The Labute approximate surface area is 111 Å². The van der Waals surface area contributed by atoms with Crippen LogP contribution in [0.4, 0.5) is 20.2 Å². The molecule has 0 heterocycles. The molecule has 0 aliphatic rings. The summed E-state index contributed by atoms with van der Waals surface area (Å²) in [6, 6.07) is 10.9. The molecule has 0 saturated carbocycles. The topological polar surface area (TPSA) is 29.3 Å². The molecular weight excluding hydrogens is 246 g/mol. The first-order valence-electron chi connectivity index (χ1n) is 6.18. The highest BCUT2D eigenvalue weighted by Gasteiger charge is 2.16. The molecule has 0 fully saturated rings. The third kappa shape index (κ3) is 2.74. The van der Waals surface area contributed by atoms with Crippen LogP contribution >= 0.6 is 0 Å². The summed E-state index contributed by atoms with van der Waals surface area (Å²) < 4.78 is 27.4. The largest absolute Gasteiger partial charge is 0.339 e. The van der Waals surface area contributed by atoms with Gasteiger partial charge in [0.25, 0.3) is 0 Å². The van der Waals surface area contributed by atoms with Crippen LogP contribution in [0.15, 0.2) is 42.5 Å². The molecule has 2 aromatic rings. The molecule has 19 heavy (non-hydrogen) atoms. The summed E-state index contributed by atoms with van der Waals surface area (Å²) in [5.74, 6) is -0.698. The summed E-state index contributed by atoms with van der Waals surface area (Å²) in [5.41, 5.74) is 7.38. The van der Waals surface area contributed by atoms with Crippen LogP contribution < -0.4 is 10.6 Å². The first-order valence-corrected chi connectivity index (χ1v) is 6.18. The minimum absolute atomic E-state index is 0.235. The van der Waals surface area contributed by atoms with E-state index in [0.717, 1.165) is 0 Å². The Bertz CT molecular complexity index is 570. The first kappa shape index (κ1) is 13.5. The van der Waals surface area contributed by atoms with Crippen LogP contribution in [0.3, 0.4) is 0 Å². The van der Waals surface area contributed by atoms with Crippen LogP contribution in [0.1, 0.15) is 12.5 Å². The molecule has 2 aromatic carbocycles. The van der Waals surface area contributed by atoms with Crippen molar-refractivity contribution in [2.45, 2.75) is 13.5 Å². The first-order chi connectivity index (χ1) is 9.17. The van der Waals surface area contributed by atoms with Crippen molar-refractivity contribution in [1.29, 1.82) is 0 Å². The zero-order chi connectivity index (χ0) is 13.8. The summed E-state index contributed by atoms with van der Waals surface area (Å²) in [6.45, 7) is 2.65. The molecule has 100 valence electrons. The van der Waals surface area contributed by atoms with Gasteiger partial charge in [0.2, 0.25) is 0 Å². The fraction of sp³-hybridized carbons (Fsp3) is 0.200. The van der Waals surface area contributed by atoms with Crippen molar-refractivity contribution >= 4 is 11.4 Å². The zero-order valence-electron chi connectivity index (χ0n) is 10.7. The quantitative estimate of drug-likeness (QED) is 0.912. The predicted molar refractivity (Wildman–Crippen MR) is 73.4 cm³/mol. The highest BCUT2D eigenvalue weighted by molar-refractivity contribution is 5.67. The molecule has 0 atom stereocenters. The van der Waals surface area contributed by atoms with Gasteiger partial charge in [0.15, 0.2) is 0 Å². The van der Waals surface area contributed by atoms with Gasteiger partial charge in [-0.1, -0.05) is 18.2 Å². The molecule has 2 N–H and O–H groups in total. The number of anilines is 2. The van der Waals surface area contributed by atoms with Crippen molar-refractivity contribution in [3.8, 4) is 0 Å². The maximum atomic E-state index is 14.1. The van der Waals surface area contributed by atoms with E-state index in [1.807, 2.05) is 6.92 Å². The minimum atomic E-state index is -0.353. The van der Waals surface area contributed by atoms with Gasteiger partial charge in [-0.05, 0) is 36.8 Å². The van der Waals surface area contributed by atoms with E-state index >= 15 is 0 Å². The molecule has 0 aromatic heterocycles. The summed E-state index contributed by atoms with van der Waals surface area (Å²) >= 11 is 0. The van der Waals surface area contributed by atoms with E-state index in [2.05, 4.69) is 0 Å². The Morgan fingerprint density at radius 2 is 1.84 bits per heavy atom. The van der Waals surface area contributed by atoms with Crippen molar-refractivity contribution in [2.24, 2.45) is 5.73 Å². The highest BCUT2D eigenvalue weighted by atomic mass is 19.1. The zero-order valence-corrected chi connectivity index (χ0v) is 10.7. The van der Waals surface area contributed by atoms with E-state index in [1.165, 1.54) is 18.2 Å². The number of para-hydroxylation sites is 1. The second-order valence-electron chi connectivity index (χ2n) is 4.18. The third-order valence-electron chi connectivity index (χ3n) is 3.00. The molecule has 0 amide bonds. The van der Waals surface area contributed by atoms with E-state index in [0.29, 0.717) is 23.5 Å². The Balaban J connectivity index is 2.54. The van der Waals surface area contributed by atoms with Crippen molar-refractivity contribution in [1.82, 2.24) is 0 Å². The summed E-state index contributed by atoms with van der Waals surface area (Å²) in [5, 5.41) is 0. The minimum Gasteiger partial charge on any atom is -0.339 e. The lowest BCUT2D eigenvalue weighted by molar-refractivity contribution is 0.620. The maximum Gasteiger partial charge on any atom is 0.147 e. The highest BCUT2D eigenvalue weighted by Crippen LogP contribution is 2.31. The summed E-state index contributed by atoms with van der Waals surface area (Å²) in [4.78, 5) is 1.72. The molecule has 0 saturated heterocycles. The van der Waals surface area contributed by atoms with Crippen molar-refractivity contribution in [3.63, 3.8) is 0 Å². The molecule has 0 aliphatic heterocycles. The number of hydrogen-bond acceptors (Lipinski definition) is 2. The Hall–Kier alpha value is -1.94. The molecule has 0 unspecified atom stereocenters. The SMILES string of the molecule is CCN(c1cccc(F)c1)c1c(F)cccc1CN. The fourth-order valence-corrected chi connectivity index (χ4v) is 2.14. The Morgan fingerprint density at radius 3 is 2.47 bits per heavy atom. The lowest BCUT2D eigenvalue weighted by Gasteiger charge is -2.26. The second kappa shape index (κ2) is 5.80. The third-order valence-corrected chi connectivity index (χ3v) is 3.00. The molecule has 0 spiro atoms. The van der Waals surface area contributed by atoms with Crippen molar-refractivity contribution in [2.75, 3.05) is 11.4 Å². The number of hydrogen-bond donors (Lipinski definition) is 1. The van der Waals surface area contributed by atoms with Crippen LogP contribution in [-0.2, 0) is 6.54 Å². The van der Waals surface area contributed by atoms with Gasteiger partial charge in [0, 0.05) is 18.8 Å². The fourth-order valence-electron chi connectivity index (χ4n) is 2.14. The van der Waals surface area contributed by atoms with Crippen LogP contribution in [-0.4, -0.2) is 6.54 Å². The Kier molecular flexibility index (Phi) is 4.12. The number of nitrogens with two attached hydrogens (primary N) is 1. The van der Waals surface area contributed by atoms with Crippen LogP contribution in [0.5, 0.6) is 0 Å². The number of nitrogens with zero attached hydrogens (tertiary/aromatic N) is 1. The summed E-state index contributed by atoms with van der Waals surface area (Å²) in [6.07, 6.45) is 0. The summed E-state index contributed by atoms with van der Waals surface area (Å²) in [7, 11) is 0. The molecule has 4 heteroatoms. The van der Waals surface area contributed by atoms with Gasteiger partial charge in [0.1, 0.15) is 11.6 Å². The number of rotatable bonds is 4. The monoisotopic (exact) mass is 262 g/mol. The van der Waals surface area contributed by atoms with Crippen molar-refractivity contribution < 1.29 is 8.78 Å². The molecule has 2 rings (SSSR count). The average Bonchev–Trinajstić information content (AvgIpc) is 2.41. The van der Waals surface area contributed by atoms with Gasteiger partial charge < -0.3 is 10.6 Å². The van der Waals surface area contributed by atoms with E-state index < -0.39 is 0 Å². The molecular formula is C15H16F2N2. The average molecular weight is 262 g/mol. The van der Waals surface area contributed by atoms with Gasteiger partial charge in [-0.2, -0.15) is 0 Å². The smallest absolute Gasteiger partial charge is 0.147 e. The van der Waals surface area contributed by atoms with Gasteiger partial charge in [0.05, 0.1) is 5.69 Å².